The lowest BCUT2D eigenvalue weighted by Gasteiger charge is -2.17. The number of furan rings is 1. The van der Waals surface area contributed by atoms with Crippen molar-refractivity contribution in [2.45, 2.75) is 26.0 Å². The van der Waals surface area contributed by atoms with E-state index in [1.165, 1.54) is 12.1 Å². The molecule has 1 heterocycles. The summed E-state index contributed by atoms with van der Waals surface area (Å²) in [6, 6.07) is 15.5. The smallest absolute Gasteiger partial charge is 0.191 e. The van der Waals surface area contributed by atoms with Gasteiger partial charge in [-0.1, -0.05) is 30.3 Å². The van der Waals surface area contributed by atoms with Gasteiger partial charge in [0, 0.05) is 11.9 Å². The van der Waals surface area contributed by atoms with Crippen LogP contribution in [0, 0.1) is 5.82 Å². The second-order valence-electron chi connectivity index (χ2n) is 6.34. The Labute approximate surface area is 181 Å². The average molecular weight is 497 g/mol. The number of fused-ring (bicyclic) bond motifs is 1. The first-order valence-corrected chi connectivity index (χ1v) is 9.03. The lowest BCUT2D eigenvalue weighted by molar-refractivity contribution is 0.187. The number of nitrogens with one attached hydrogen (secondary N) is 2. The zero-order chi connectivity index (χ0) is 19.2. The maximum atomic E-state index is 13.0. The number of aliphatic hydroxyl groups is 1. The molecular formula is C21H25FIN3O2. The molecule has 0 fully saturated rings. The second-order valence-corrected chi connectivity index (χ2v) is 6.34. The summed E-state index contributed by atoms with van der Waals surface area (Å²) in [5.41, 5.74) is 1.47. The molecular weight excluding hydrogens is 472 g/mol. The molecule has 0 amide bonds. The van der Waals surface area contributed by atoms with E-state index in [4.69, 9.17) is 4.42 Å². The van der Waals surface area contributed by atoms with E-state index in [1.807, 2.05) is 44.2 Å². The van der Waals surface area contributed by atoms with Gasteiger partial charge in [0.05, 0.1) is 18.7 Å². The molecule has 3 rings (SSSR count). The van der Waals surface area contributed by atoms with E-state index >= 15 is 0 Å². The van der Waals surface area contributed by atoms with E-state index in [9.17, 15) is 9.50 Å². The fourth-order valence-corrected chi connectivity index (χ4v) is 2.78. The molecule has 5 nitrogen and oxygen atoms in total. The lowest BCUT2D eigenvalue weighted by atomic mass is 10.1. The van der Waals surface area contributed by atoms with Gasteiger partial charge >= 0.3 is 0 Å². The minimum absolute atomic E-state index is 0. The van der Waals surface area contributed by atoms with Gasteiger partial charge in [0.25, 0.3) is 0 Å². The van der Waals surface area contributed by atoms with E-state index in [0.717, 1.165) is 16.7 Å². The van der Waals surface area contributed by atoms with Crippen LogP contribution < -0.4 is 10.6 Å². The number of hydrogen-bond acceptors (Lipinski definition) is 3. The Morgan fingerprint density at radius 3 is 2.57 bits per heavy atom. The first kappa shape index (κ1) is 22.2. The highest BCUT2D eigenvalue weighted by Crippen LogP contribution is 2.23. The molecule has 3 N–H and O–H groups in total. The number of guanidine groups is 1. The van der Waals surface area contributed by atoms with Crippen LogP contribution in [0.2, 0.25) is 0 Å². The van der Waals surface area contributed by atoms with Gasteiger partial charge in [0.2, 0.25) is 0 Å². The van der Waals surface area contributed by atoms with Crippen molar-refractivity contribution < 1.29 is 13.9 Å². The maximum Gasteiger partial charge on any atom is 0.191 e. The summed E-state index contributed by atoms with van der Waals surface area (Å²) in [5, 5.41) is 17.8. The van der Waals surface area contributed by atoms with E-state index in [2.05, 4.69) is 15.6 Å². The highest BCUT2D eigenvalue weighted by atomic mass is 127. The Morgan fingerprint density at radius 2 is 1.89 bits per heavy atom. The van der Waals surface area contributed by atoms with Crippen molar-refractivity contribution in [3.63, 3.8) is 0 Å². The summed E-state index contributed by atoms with van der Waals surface area (Å²) in [4.78, 5) is 4.44. The minimum atomic E-state index is -0.803. The van der Waals surface area contributed by atoms with Gasteiger partial charge < -0.3 is 20.2 Å². The Bertz CT molecular complexity index is 878. The maximum absolute atomic E-state index is 13.0. The molecule has 0 saturated carbocycles. The van der Waals surface area contributed by atoms with Crippen LogP contribution in [0.5, 0.6) is 0 Å². The molecule has 2 aromatic carbocycles. The molecule has 2 atom stereocenters. The third-order valence-corrected chi connectivity index (χ3v) is 4.25. The zero-order valence-electron chi connectivity index (χ0n) is 15.9. The standard InChI is InChI=1S/C21H24FN3O2.HI/c1-3-23-21(24-13-18(26)15-8-10-17(22)11-9-15)25-14(2)20-12-16-6-4-5-7-19(16)27-20;/h4-12,14,18,26H,3,13H2,1-2H3,(H2,23,24,25);1H. The zero-order valence-corrected chi connectivity index (χ0v) is 18.2. The van der Waals surface area contributed by atoms with Gasteiger partial charge in [-0.25, -0.2) is 4.39 Å². The molecule has 0 radical (unpaired) electrons. The van der Waals surface area contributed by atoms with Crippen LogP contribution >= 0.6 is 24.0 Å². The molecule has 0 aliphatic rings. The number of hydrogen-bond donors (Lipinski definition) is 3. The summed E-state index contributed by atoms with van der Waals surface area (Å²) < 4.78 is 18.9. The predicted octanol–water partition coefficient (Wildman–Crippen LogP) is 4.54. The Kier molecular flexibility index (Phi) is 8.25. The average Bonchev–Trinajstić information content (AvgIpc) is 3.11. The summed E-state index contributed by atoms with van der Waals surface area (Å²) in [6.07, 6.45) is -0.803. The molecule has 150 valence electrons. The highest BCUT2D eigenvalue weighted by molar-refractivity contribution is 14.0. The monoisotopic (exact) mass is 497 g/mol. The third-order valence-electron chi connectivity index (χ3n) is 4.25. The Balaban J connectivity index is 0.00000280. The van der Waals surface area contributed by atoms with Crippen molar-refractivity contribution in [1.29, 1.82) is 0 Å². The van der Waals surface area contributed by atoms with E-state index in [-0.39, 0.29) is 42.4 Å². The SMILES string of the molecule is CCNC(=NCC(O)c1ccc(F)cc1)NC(C)c1cc2ccccc2o1.I. The van der Waals surface area contributed by atoms with E-state index in [1.54, 1.807) is 12.1 Å². The molecule has 0 bridgehead atoms. The highest BCUT2D eigenvalue weighted by Gasteiger charge is 2.14. The van der Waals surface area contributed by atoms with Crippen LogP contribution in [0.25, 0.3) is 11.0 Å². The quantitative estimate of drug-likeness (QED) is 0.266. The molecule has 3 aromatic rings. The van der Waals surface area contributed by atoms with Gasteiger partial charge in [0.15, 0.2) is 5.96 Å². The number of aliphatic hydroxyl groups excluding tert-OH is 1. The van der Waals surface area contributed by atoms with Gasteiger partial charge in [-0.05, 0) is 43.7 Å². The van der Waals surface area contributed by atoms with Crippen LogP contribution in [0.1, 0.15) is 37.3 Å². The van der Waals surface area contributed by atoms with Gasteiger partial charge in [-0.2, -0.15) is 0 Å². The second kappa shape index (κ2) is 10.4. The minimum Gasteiger partial charge on any atom is -0.459 e. The van der Waals surface area contributed by atoms with Crippen molar-refractivity contribution in [2.75, 3.05) is 13.1 Å². The fraction of sp³-hybridized carbons (Fsp3) is 0.286. The molecule has 0 aliphatic heterocycles. The number of aliphatic imine (C=N–C) groups is 1. The van der Waals surface area contributed by atoms with Crippen molar-refractivity contribution >= 4 is 40.9 Å². The van der Waals surface area contributed by atoms with Crippen molar-refractivity contribution in [2.24, 2.45) is 4.99 Å². The Morgan fingerprint density at radius 1 is 1.18 bits per heavy atom. The van der Waals surface area contributed by atoms with Crippen molar-refractivity contribution in [3.05, 3.63) is 71.7 Å². The van der Waals surface area contributed by atoms with Crippen molar-refractivity contribution in [1.82, 2.24) is 10.6 Å². The Hall–Kier alpha value is -2.13. The predicted molar refractivity (Wildman–Crippen MR) is 121 cm³/mol. The topological polar surface area (TPSA) is 69.8 Å². The summed E-state index contributed by atoms with van der Waals surface area (Å²) in [6.45, 7) is 4.81. The normalized spacial score (nSPS) is 13.6. The molecule has 2 unspecified atom stereocenters. The number of nitrogens with zero attached hydrogens (tertiary/aromatic N) is 1. The van der Waals surface area contributed by atoms with Crippen LogP contribution in [-0.4, -0.2) is 24.2 Å². The lowest BCUT2D eigenvalue weighted by Crippen LogP contribution is -2.39. The molecule has 0 saturated heterocycles. The first-order valence-electron chi connectivity index (χ1n) is 9.03. The van der Waals surface area contributed by atoms with Gasteiger partial charge in [-0.3, -0.25) is 4.99 Å². The van der Waals surface area contributed by atoms with Crippen molar-refractivity contribution in [3.8, 4) is 0 Å². The number of para-hydroxylation sites is 1. The summed E-state index contributed by atoms with van der Waals surface area (Å²) in [5.74, 6) is 1.05. The number of rotatable bonds is 6. The molecule has 1 aromatic heterocycles. The molecule has 28 heavy (non-hydrogen) atoms. The fourth-order valence-electron chi connectivity index (χ4n) is 2.78. The van der Waals surface area contributed by atoms with E-state index < -0.39 is 6.10 Å². The molecule has 7 heteroatoms. The molecule has 0 aliphatic carbocycles. The number of halogens is 2. The first-order chi connectivity index (χ1) is 13.1. The van der Waals surface area contributed by atoms with Gasteiger partial charge in [0.1, 0.15) is 17.2 Å². The largest absolute Gasteiger partial charge is 0.459 e. The van der Waals surface area contributed by atoms with Gasteiger partial charge in [-0.15, -0.1) is 24.0 Å². The van der Waals surface area contributed by atoms with Crippen LogP contribution in [0.4, 0.5) is 4.39 Å². The third kappa shape index (κ3) is 5.68. The summed E-state index contributed by atoms with van der Waals surface area (Å²) >= 11 is 0. The van der Waals surface area contributed by atoms with E-state index in [0.29, 0.717) is 18.1 Å². The van der Waals surface area contributed by atoms with Crippen LogP contribution in [0.15, 0.2) is 64.0 Å². The summed E-state index contributed by atoms with van der Waals surface area (Å²) in [7, 11) is 0. The van der Waals surface area contributed by atoms with Crippen LogP contribution in [0.3, 0.4) is 0 Å². The molecule has 0 spiro atoms. The number of benzene rings is 2. The van der Waals surface area contributed by atoms with Crippen LogP contribution in [-0.2, 0) is 0 Å².